The molecule has 3 rings (SSSR count). The molecule has 0 spiro atoms. The van der Waals surface area contributed by atoms with E-state index in [0.29, 0.717) is 23.1 Å². The van der Waals surface area contributed by atoms with Gasteiger partial charge in [0.25, 0.3) is 0 Å². The van der Waals surface area contributed by atoms with Gasteiger partial charge in [0.1, 0.15) is 17.3 Å². The fourth-order valence-corrected chi connectivity index (χ4v) is 3.20. The van der Waals surface area contributed by atoms with Gasteiger partial charge in [0.2, 0.25) is 10.0 Å². The van der Waals surface area contributed by atoms with Crippen LogP contribution in [0.2, 0.25) is 0 Å². The lowest BCUT2D eigenvalue weighted by Gasteiger charge is -2.09. The van der Waals surface area contributed by atoms with Crippen molar-refractivity contribution < 1.29 is 21.6 Å². The maximum Gasteiger partial charge on any atom is 0.241 e. The van der Waals surface area contributed by atoms with E-state index in [4.69, 9.17) is 4.42 Å². The molecule has 1 N–H and O–H groups in total. The summed E-state index contributed by atoms with van der Waals surface area (Å²) < 4.78 is 58.4. The van der Waals surface area contributed by atoms with Gasteiger partial charge in [-0.15, -0.1) is 0 Å². The van der Waals surface area contributed by atoms with Gasteiger partial charge >= 0.3 is 0 Å². The van der Waals surface area contributed by atoms with Gasteiger partial charge in [0.05, 0.1) is 11.2 Å². The summed E-state index contributed by atoms with van der Waals surface area (Å²) in [6.07, 6.45) is 3.03. The monoisotopic (exact) mass is 350 g/mol. The number of pyridine rings is 1. The first kappa shape index (κ1) is 16.3. The topological polar surface area (TPSA) is 72.2 Å². The number of aromatic nitrogens is 1. The van der Waals surface area contributed by atoms with Crippen LogP contribution in [0.1, 0.15) is 5.56 Å². The van der Waals surface area contributed by atoms with E-state index in [0.717, 1.165) is 12.1 Å². The van der Waals surface area contributed by atoms with Crippen LogP contribution in [-0.2, 0) is 16.6 Å². The smallest absolute Gasteiger partial charge is 0.241 e. The minimum Gasteiger partial charge on any atom is -0.463 e. The molecule has 0 saturated heterocycles. The number of hydrogen-bond acceptors (Lipinski definition) is 4. The molecule has 0 amide bonds. The molecule has 0 aliphatic rings. The quantitative estimate of drug-likeness (QED) is 0.767. The standard InChI is InChI=1S/C16H12F2N2O3S/c17-12-7-13(18)9-14(8-12)24(21,22)20-10-11-3-1-5-19-16(11)15-4-2-6-23-15/h1-9,20H,10H2. The van der Waals surface area contributed by atoms with Gasteiger partial charge in [0.15, 0.2) is 5.76 Å². The Morgan fingerprint density at radius 1 is 1.08 bits per heavy atom. The van der Waals surface area contributed by atoms with Crippen LogP contribution in [0.15, 0.2) is 64.2 Å². The molecule has 0 saturated carbocycles. The Labute approximate surface area is 137 Å². The number of hydrogen-bond donors (Lipinski definition) is 1. The Kier molecular flexibility index (Phi) is 4.41. The van der Waals surface area contributed by atoms with Crippen molar-refractivity contribution in [1.29, 1.82) is 0 Å². The SMILES string of the molecule is O=S(=O)(NCc1cccnc1-c1ccco1)c1cc(F)cc(F)c1. The van der Waals surface area contributed by atoms with E-state index in [2.05, 4.69) is 9.71 Å². The van der Waals surface area contributed by atoms with E-state index < -0.39 is 26.6 Å². The van der Waals surface area contributed by atoms with Crippen molar-refractivity contribution in [2.24, 2.45) is 0 Å². The normalized spacial score (nSPS) is 11.6. The predicted molar refractivity (Wildman–Crippen MR) is 82.3 cm³/mol. The van der Waals surface area contributed by atoms with Crippen LogP contribution in [0.3, 0.4) is 0 Å². The van der Waals surface area contributed by atoms with E-state index in [9.17, 15) is 17.2 Å². The van der Waals surface area contributed by atoms with Crippen molar-refractivity contribution >= 4 is 10.0 Å². The summed E-state index contributed by atoms with van der Waals surface area (Å²) in [7, 11) is -4.08. The summed E-state index contributed by atoms with van der Waals surface area (Å²) in [6, 6.07) is 8.83. The highest BCUT2D eigenvalue weighted by Crippen LogP contribution is 2.22. The third-order valence-corrected chi connectivity index (χ3v) is 4.63. The predicted octanol–water partition coefficient (Wildman–Crippen LogP) is 3.10. The molecule has 124 valence electrons. The molecule has 0 unspecified atom stereocenters. The molecule has 2 heterocycles. The van der Waals surface area contributed by atoms with Gasteiger partial charge in [-0.25, -0.2) is 21.9 Å². The Morgan fingerprint density at radius 2 is 1.83 bits per heavy atom. The van der Waals surface area contributed by atoms with E-state index in [1.807, 2.05) is 0 Å². The van der Waals surface area contributed by atoms with Gasteiger partial charge < -0.3 is 4.42 Å². The van der Waals surface area contributed by atoms with Crippen molar-refractivity contribution in [3.63, 3.8) is 0 Å². The average molecular weight is 350 g/mol. The first-order valence-electron chi connectivity index (χ1n) is 6.89. The largest absolute Gasteiger partial charge is 0.463 e. The van der Waals surface area contributed by atoms with Crippen molar-refractivity contribution in [2.75, 3.05) is 0 Å². The maximum atomic E-state index is 13.2. The van der Waals surface area contributed by atoms with Crippen LogP contribution >= 0.6 is 0 Å². The zero-order chi connectivity index (χ0) is 17.2. The molecule has 0 radical (unpaired) electrons. The van der Waals surface area contributed by atoms with Crippen molar-refractivity contribution in [2.45, 2.75) is 11.4 Å². The summed E-state index contributed by atoms with van der Waals surface area (Å²) in [5, 5.41) is 0. The van der Waals surface area contributed by atoms with Crippen LogP contribution < -0.4 is 4.72 Å². The van der Waals surface area contributed by atoms with Crippen LogP contribution in [0.5, 0.6) is 0 Å². The van der Waals surface area contributed by atoms with E-state index in [1.54, 1.807) is 30.5 Å². The number of rotatable bonds is 5. The van der Waals surface area contributed by atoms with Gasteiger partial charge in [-0.1, -0.05) is 6.07 Å². The second kappa shape index (κ2) is 6.50. The van der Waals surface area contributed by atoms with Crippen molar-refractivity contribution in [1.82, 2.24) is 9.71 Å². The molecule has 0 aliphatic heterocycles. The van der Waals surface area contributed by atoms with Crippen molar-refractivity contribution in [3.8, 4) is 11.5 Å². The molecule has 24 heavy (non-hydrogen) atoms. The van der Waals surface area contributed by atoms with Crippen molar-refractivity contribution in [3.05, 3.63) is 72.1 Å². The van der Waals surface area contributed by atoms with Crippen LogP contribution in [-0.4, -0.2) is 13.4 Å². The van der Waals surface area contributed by atoms with Crippen LogP contribution in [0.4, 0.5) is 8.78 Å². The summed E-state index contributed by atoms with van der Waals surface area (Å²) >= 11 is 0. The molecule has 0 aliphatic carbocycles. The van der Waals surface area contributed by atoms with E-state index in [1.165, 1.54) is 6.26 Å². The van der Waals surface area contributed by atoms with Crippen LogP contribution in [0, 0.1) is 11.6 Å². The van der Waals surface area contributed by atoms with Gasteiger partial charge in [-0.05, 0) is 35.9 Å². The second-order valence-electron chi connectivity index (χ2n) is 4.92. The maximum absolute atomic E-state index is 13.2. The molecular weight excluding hydrogens is 338 g/mol. The number of nitrogens with zero attached hydrogens (tertiary/aromatic N) is 1. The number of sulfonamides is 1. The number of furan rings is 1. The highest BCUT2D eigenvalue weighted by molar-refractivity contribution is 7.89. The van der Waals surface area contributed by atoms with Gasteiger partial charge in [-0.2, -0.15) is 0 Å². The van der Waals surface area contributed by atoms with Crippen LogP contribution in [0.25, 0.3) is 11.5 Å². The Morgan fingerprint density at radius 3 is 2.50 bits per heavy atom. The minimum absolute atomic E-state index is 0.107. The summed E-state index contributed by atoms with van der Waals surface area (Å²) in [5.41, 5.74) is 1.04. The van der Waals surface area contributed by atoms with E-state index in [-0.39, 0.29) is 6.54 Å². The number of halogens is 2. The Bertz CT molecular complexity index is 937. The third kappa shape index (κ3) is 3.50. The molecule has 8 heteroatoms. The first-order valence-corrected chi connectivity index (χ1v) is 8.37. The average Bonchev–Trinajstić information content (AvgIpc) is 3.07. The highest BCUT2D eigenvalue weighted by Gasteiger charge is 2.18. The fraction of sp³-hybridized carbons (Fsp3) is 0.0625. The third-order valence-electron chi connectivity index (χ3n) is 3.24. The molecular formula is C16H12F2N2O3S. The lowest BCUT2D eigenvalue weighted by Crippen LogP contribution is -2.24. The highest BCUT2D eigenvalue weighted by atomic mass is 32.2. The zero-order valence-electron chi connectivity index (χ0n) is 12.2. The zero-order valence-corrected chi connectivity index (χ0v) is 13.1. The molecule has 2 aromatic heterocycles. The number of benzene rings is 1. The molecule has 0 fully saturated rings. The van der Waals surface area contributed by atoms with Gasteiger partial charge in [-0.3, -0.25) is 4.98 Å². The molecule has 0 atom stereocenters. The molecule has 5 nitrogen and oxygen atoms in total. The summed E-state index contributed by atoms with van der Waals surface area (Å²) in [6.45, 7) is -0.107. The first-order chi connectivity index (χ1) is 11.5. The Balaban J connectivity index is 1.86. The molecule has 3 aromatic rings. The minimum atomic E-state index is -4.08. The lowest BCUT2D eigenvalue weighted by molar-refractivity contribution is 0.560. The molecule has 1 aromatic carbocycles. The Hall–Kier alpha value is -2.58. The number of nitrogens with one attached hydrogen (secondary N) is 1. The summed E-state index contributed by atoms with van der Waals surface area (Å²) in [5.74, 6) is -1.44. The fourth-order valence-electron chi connectivity index (χ4n) is 2.16. The van der Waals surface area contributed by atoms with E-state index >= 15 is 0 Å². The summed E-state index contributed by atoms with van der Waals surface area (Å²) in [4.78, 5) is 3.69. The van der Waals surface area contributed by atoms with Gasteiger partial charge in [0, 0.05) is 18.8 Å². The second-order valence-corrected chi connectivity index (χ2v) is 6.69. The lowest BCUT2D eigenvalue weighted by atomic mass is 10.1. The molecule has 0 bridgehead atoms.